The summed E-state index contributed by atoms with van der Waals surface area (Å²) in [4.78, 5) is 17.4. The van der Waals surface area contributed by atoms with Gasteiger partial charge in [-0.1, -0.05) is 29.5 Å². The van der Waals surface area contributed by atoms with Crippen molar-refractivity contribution < 1.29 is 4.74 Å². The molecule has 0 aliphatic carbocycles. The van der Waals surface area contributed by atoms with E-state index in [2.05, 4.69) is 16.1 Å². The van der Waals surface area contributed by atoms with E-state index < -0.39 is 0 Å². The number of rotatable bonds is 5. The molecule has 8 heteroatoms. The summed E-state index contributed by atoms with van der Waals surface area (Å²) >= 11 is 1.31. The molecule has 0 saturated heterocycles. The van der Waals surface area contributed by atoms with Crippen LogP contribution in [0.15, 0.2) is 65.8 Å². The first kappa shape index (κ1) is 20.1. The van der Waals surface area contributed by atoms with Crippen molar-refractivity contribution in [2.45, 2.75) is 26.9 Å². The highest BCUT2D eigenvalue weighted by molar-refractivity contribution is 7.15. The molecule has 3 heterocycles. The number of ether oxygens (including phenoxy) is 1. The minimum Gasteiger partial charge on any atom is -0.491 e. The second kappa shape index (κ2) is 8.05. The average molecular weight is 444 g/mol. The molecule has 5 aromatic rings. The van der Waals surface area contributed by atoms with Gasteiger partial charge < -0.3 is 4.74 Å². The van der Waals surface area contributed by atoms with Crippen molar-refractivity contribution in [1.82, 2.24) is 24.4 Å². The van der Waals surface area contributed by atoms with Crippen molar-refractivity contribution in [3.05, 3.63) is 87.1 Å². The maximum Gasteiger partial charge on any atom is 0.291 e. The number of aromatic nitrogens is 5. The monoisotopic (exact) mass is 443 g/mol. The molecule has 0 saturated carbocycles. The van der Waals surface area contributed by atoms with Gasteiger partial charge >= 0.3 is 0 Å². The van der Waals surface area contributed by atoms with Gasteiger partial charge in [-0.3, -0.25) is 4.79 Å². The Hall–Kier alpha value is -3.78. The van der Waals surface area contributed by atoms with Gasteiger partial charge in [0.05, 0.1) is 16.3 Å². The highest BCUT2D eigenvalue weighted by Crippen LogP contribution is 2.29. The van der Waals surface area contributed by atoms with Crippen LogP contribution in [0.2, 0.25) is 0 Å². The molecule has 0 amide bonds. The van der Waals surface area contributed by atoms with Gasteiger partial charge in [-0.05, 0) is 62.7 Å². The number of para-hydroxylation sites is 1. The number of nitrogens with zero attached hydrogens (tertiary/aromatic N) is 5. The molecule has 3 aromatic heterocycles. The molecule has 0 spiro atoms. The quantitative estimate of drug-likeness (QED) is 0.415. The number of fused-ring (bicyclic) bond motifs is 1. The van der Waals surface area contributed by atoms with E-state index in [0.29, 0.717) is 9.49 Å². The van der Waals surface area contributed by atoms with E-state index in [1.807, 2.05) is 80.2 Å². The second-order valence-corrected chi connectivity index (χ2v) is 8.74. The van der Waals surface area contributed by atoms with Crippen LogP contribution < -0.4 is 14.8 Å². The third kappa shape index (κ3) is 3.69. The number of benzene rings is 2. The van der Waals surface area contributed by atoms with Gasteiger partial charge in [0.2, 0.25) is 4.96 Å². The minimum absolute atomic E-state index is 0.0996. The Morgan fingerprint density at radius 1 is 1.12 bits per heavy atom. The van der Waals surface area contributed by atoms with E-state index >= 15 is 0 Å². The van der Waals surface area contributed by atoms with Crippen molar-refractivity contribution >= 4 is 22.4 Å². The first-order valence-electron chi connectivity index (χ1n) is 10.3. The predicted octanol–water partition coefficient (Wildman–Crippen LogP) is 3.65. The molecule has 0 fully saturated rings. The third-order valence-electron chi connectivity index (χ3n) is 4.98. The average Bonchev–Trinajstić information content (AvgIpc) is 3.48. The summed E-state index contributed by atoms with van der Waals surface area (Å²) in [5, 5.41) is 8.87. The lowest BCUT2D eigenvalue weighted by molar-refractivity contribution is 0.241. The van der Waals surface area contributed by atoms with Crippen LogP contribution in [0.3, 0.4) is 0 Å². The lowest BCUT2D eigenvalue weighted by atomic mass is 10.0. The Labute approximate surface area is 188 Å². The van der Waals surface area contributed by atoms with Crippen LogP contribution in [0.25, 0.3) is 28.0 Å². The maximum absolute atomic E-state index is 12.7. The zero-order valence-electron chi connectivity index (χ0n) is 17.9. The molecule has 0 atom stereocenters. The van der Waals surface area contributed by atoms with Gasteiger partial charge in [0.15, 0.2) is 0 Å². The van der Waals surface area contributed by atoms with E-state index in [0.717, 1.165) is 33.8 Å². The van der Waals surface area contributed by atoms with E-state index in [1.165, 1.54) is 22.2 Å². The molecule has 0 N–H and O–H groups in total. The van der Waals surface area contributed by atoms with Crippen LogP contribution in [-0.4, -0.2) is 30.5 Å². The van der Waals surface area contributed by atoms with Crippen LogP contribution in [0.4, 0.5) is 0 Å². The summed E-state index contributed by atoms with van der Waals surface area (Å²) in [6.45, 7) is 6.04. The Morgan fingerprint density at radius 3 is 2.66 bits per heavy atom. The van der Waals surface area contributed by atoms with Crippen LogP contribution in [0.1, 0.15) is 25.0 Å². The molecule has 7 nitrogen and oxygen atoms in total. The number of hydrogen-bond donors (Lipinski definition) is 0. The van der Waals surface area contributed by atoms with Crippen LogP contribution in [-0.2, 0) is 0 Å². The Morgan fingerprint density at radius 2 is 1.94 bits per heavy atom. The lowest BCUT2D eigenvalue weighted by Gasteiger charge is -2.13. The summed E-state index contributed by atoms with van der Waals surface area (Å²) in [6.07, 6.45) is 5.29. The van der Waals surface area contributed by atoms with Crippen LogP contribution in [0, 0.1) is 6.92 Å². The standard InChI is InChI=1S/C24H21N5O2S/c1-15(2)31-20-10-9-17(11-16(20)3)22-18(13-28(27-22)19-7-5-4-6-8-19)12-21-23(30)29-24(32-21)25-14-26-29/h4-15H,1-3H3. The molecule has 0 bridgehead atoms. The first-order valence-corrected chi connectivity index (χ1v) is 11.1. The molecule has 0 unspecified atom stereocenters. The van der Waals surface area contributed by atoms with Gasteiger partial charge in [0.25, 0.3) is 5.56 Å². The van der Waals surface area contributed by atoms with E-state index in [1.54, 1.807) is 0 Å². The van der Waals surface area contributed by atoms with Gasteiger partial charge in [-0.2, -0.15) is 14.7 Å². The SMILES string of the molecule is Cc1cc(-c2nn(-c3ccccc3)cc2C=c2sc3ncnn3c2=O)ccc1OC(C)C. The predicted molar refractivity (Wildman–Crippen MR) is 125 cm³/mol. The smallest absolute Gasteiger partial charge is 0.291 e. The topological polar surface area (TPSA) is 74.3 Å². The number of aryl methyl sites for hydroxylation is 1. The van der Waals surface area contributed by atoms with Crippen molar-refractivity contribution in [2.75, 3.05) is 0 Å². The first-order chi connectivity index (χ1) is 15.5. The summed E-state index contributed by atoms with van der Waals surface area (Å²) in [5.41, 5.74) is 4.36. The van der Waals surface area contributed by atoms with Crippen molar-refractivity contribution in [3.63, 3.8) is 0 Å². The number of thiazole rings is 1. The summed E-state index contributed by atoms with van der Waals surface area (Å²) in [7, 11) is 0. The maximum atomic E-state index is 12.7. The van der Waals surface area contributed by atoms with E-state index in [9.17, 15) is 4.79 Å². The fraction of sp³-hybridized carbons (Fsp3) is 0.167. The Balaban J connectivity index is 1.68. The van der Waals surface area contributed by atoms with Crippen LogP contribution in [0.5, 0.6) is 5.75 Å². The summed E-state index contributed by atoms with van der Waals surface area (Å²) in [5.74, 6) is 0.851. The molecule has 0 aliphatic rings. The molecule has 32 heavy (non-hydrogen) atoms. The zero-order chi connectivity index (χ0) is 22.2. The Kier molecular flexibility index (Phi) is 5.07. The van der Waals surface area contributed by atoms with E-state index in [-0.39, 0.29) is 11.7 Å². The van der Waals surface area contributed by atoms with Crippen molar-refractivity contribution in [2.24, 2.45) is 0 Å². The highest BCUT2D eigenvalue weighted by atomic mass is 32.1. The third-order valence-corrected chi connectivity index (χ3v) is 5.96. The van der Waals surface area contributed by atoms with Gasteiger partial charge in [-0.25, -0.2) is 9.67 Å². The van der Waals surface area contributed by atoms with Crippen molar-refractivity contribution in [3.8, 4) is 22.7 Å². The highest BCUT2D eigenvalue weighted by Gasteiger charge is 2.14. The fourth-order valence-corrected chi connectivity index (χ4v) is 4.40. The zero-order valence-corrected chi connectivity index (χ0v) is 18.7. The van der Waals surface area contributed by atoms with Gasteiger partial charge in [0.1, 0.15) is 17.8 Å². The largest absolute Gasteiger partial charge is 0.491 e. The van der Waals surface area contributed by atoms with Gasteiger partial charge in [0, 0.05) is 17.3 Å². The molecule has 160 valence electrons. The van der Waals surface area contributed by atoms with E-state index in [4.69, 9.17) is 9.84 Å². The normalized spacial score (nSPS) is 12.2. The van der Waals surface area contributed by atoms with Gasteiger partial charge in [-0.15, -0.1) is 0 Å². The Bertz CT molecular complexity index is 1520. The molecule has 0 aliphatic heterocycles. The minimum atomic E-state index is -0.183. The molecule has 0 radical (unpaired) electrons. The summed E-state index contributed by atoms with van der Waals surface area (Å²) < 4.78 is 9.60. The molecule has 2 aromatic carbocycles. The lowest BCUT2D eigenvalue weighted by Crippen LogP contribution is -2.23. The summed E-state index contributed by atoms with van der Waals surface area (Å²) in [6, 6.07) is 15.9. The van der Waals surface area contributed by atoms with Crippen molar-refractivity contribution in [1.29, 1.82) is 0 Å². The number of hydrogen-bond acceptors (Lipinski definition) is 6. The second-order valence-electron chi connectivity index (χ2n) is 7.73. The van der Waals surface area contributed by atoms with Crippen LogP contribution >= 0.6 is 11.3 Å². The fourth-order valence-electron chi connectivity index (χ4n) is 3.53. The molecular weight excluding hydrogens is 422 g/mol. The molecule has 5 rings (SSSR count). The molecular formula is C24H21N5O2S.